The lowest BCUT2D eigenvalue weighted by molar-refractivity contribution is 0.443. The Morgan fingerprint density at radius 1 is 0.509 bits per heavy atom. The summed E-state index contributed by atoms with van der Waals surface area (Å²) < 4.78 is 0. The highest BCUT2D eigenvalue weighted by Gasteiger charge is 2.23. The Kier molecular flexibility index (Phi) is 9.99. The van der Waals surface area contributed by atoms with Crippen molar-refractivity contribution in [1.29, 1.82) is 0 Å². The van der Waals surface area contributed by atoms with Gasteiger partial charge in [-0.05, 0) is 158 Å². The molecule has 53 heavy (non-hydrogen) atoms. The molecule has 2 saturated carbocycles. The first-order valence-electron chi connectivity index (χ1n) is 20.3. The Hall–Kier alpha value is -4.69. The van der Waals surface area contributed by atoms with E-state index in [1.54, 1.807) is 0 Å². The maximum absolute atomic E-state index is 5.45. The van der Waals surface area contributed by atoms with Crippen LogP contribution in [0, 0.1) is 41.5 Å². The highest BCUT2D eigenvalue weighted by atomic mass is 14.8. The number of aromatic nitrogens is 1. The largest absolute Gasteiger partial charge is 0.354 e. The van der Waals surface area contributed by atoms with Crippen LogP contribution < -0.4 is 0 Å². The lowest BCUT2D eigenvalue weighted by Crippen LogP contribution is -2.05. The van der Waals surface area contributed by atoms with Gasteiger partial charge >= 0.3 is 0 Å². The molecule has 1 aliphatic heterocycles. The van der Waals surface area contributed by atoms with Gasteiger partial charge in [-0.1, -0.05) is 111 Å². The summed E-state index contributed by atoms with van der Waals surface area (Å²) in [6, 6.07) is 30.5. The van der Waals surface area contributed by atoms with Gasteiger partial charge in [-0.2, -0.15) is 0 Å². The summed E-state index contributed by atoms with van der Waals surface area (Å²) in [6.07, 6.45) is 18.1. The van der Waals surface area contributed by atoms with Gasteiger partial charge in [0, 0.05) is 28.1 Å². The molecule has 2 heterocycles. The number of hydrogen-bond acceptors (Lipinski definition) is 1. The Labute approximate surface area is 318 Å². The summed E-state index contributed by atoms with van der Waals surface area (Å²) in [6.45, 7) is 13.4. The van der Waals surface area contributed by atoms with E-state index in [4.69, 9.17) is 4.99 Å². The summed E-state index contributed by atoms with van der Waals surface area (Å²) in [7, 11) is 0. The number of H-pyrrole nitrogens is 1. The smallest absolute Gasteiger partial charge is 0.0737 e. The molecule has 2 aliphatic carbocycles. The van der Waals surface area contributed by atoms with Crippen molar-refractivity contribution in [2.45, 2.75) is 118 Å². The van der Waals surface area contributed by atoms with Crippen molar-refractivity contribution in [3.63, 3.8) is 0 Å². The first-order chi connectivity index (χ1) is 25.7. The fourth-order valence-electron chi connectivity index (χ4n) is 9.24. The first-order valence-corrected chi connectivity index (χ1v) is 20.3. The molecular weight excluding hydrogens is 641 g/mol. The molecule has 3 aliphatic rings. The van der Waals surface area contributed by atoms with Gasteiger partial charge in [0.15, 0.2) is 0 Å². The summed E-state index contributed by atoms with van der Waals surface area (Å²) >= 11 is 0. The number of allylic oxidation sites excluding steroid dienone is 2. The van der Waals surface area contributed by atoms with E-state index in [2.05, 4.69) is 138 Å². The van der Waals surface area contributed by atoms with Crippen molar-refractivity contribution < 1.29 is 0 Å². The van der Waals surface area contributed by atoms with Gasteiger partial charge < -0.3 is 4.98 Å². The second-order valence-electron chi connectivity index (χ2n) is 16.5. The lowest BCUT2D eigenvalue weighted by atomic mass is 9.84. The first kappa shape index (κ1) is 35.3. The minimum absolute atomic E-state index is 0.695. The van der Waals surface area contributed by atoms with Crippen molar-refractivity contribution in [2.75, 3.05) is 0 Å². The van der Waals surface area contributed by atoms with Crippen LogP contribution >= 0.6 is 0 Å². The fourth-order valence-corrected chi connectivity index (χ4v) is 9.24. The molecule has 0 unspecified atom stereocenters. The van der Waals surface area contributed by atoms with Crippen LogP contribution in [0.1, 0.15) is 137 Å². The van der Waals surface area contributed by atoms with E-state index >= 15 is 0 Å². The molecule has 0 amide bonds. The van der Waals surface area contributed by atoms with Crippen LogP contribution in [0.4, 0.5) is 0 Å². The van der Waals surface area contributed by atoms with Gasteiger partial charge in [0.05, 0.1) is 11.4 Å². The third-order valence-electron chi connectivity index (χ3n) is 12.8. The number of aromatic amines is 1. The number of rotatable bonds is 7. The number of hydrogen-bond donors (Lipinski definition) is 1. The maximum atomic E-state index is 5.45. The molecule has 270 valence electrons. The van der Waals surface area contributed by atoms with E-state index in [1.807, 2.05) is 0 Å². The molecule has 8 rings (SSSR count). The highest BCUT2D eigenvalue weighted by molar-refractivity contribution is 6.19. The second kappa shape index (κ2) is 15.0. The monoisotopic (exact) mass is 696 g/mol. The molecule has 0 spiro atoms. The lowest BCUT2D eigenvalue weighted by Gasteiger charge is -2.22. The van der Waals surface area contributed by atoms with Crippen molar-refractivity contribution in [3.05, 3.63) is 152 Å². The zero-order valence-corrected chi connectivity index (χ0v) is 32.8. The van der Waals surface area contributed by atoms with Crippen LogP contribution in [0.25, 0.3) is 34.0 Å². The topological polar surface area (TPSA) is 28.1 Å². The van der Waals surface area contributed by atoms with Crippen molar-refractivity contribution in [1.82, 2.24) is 4.98 Å². The molecule has 0 saturated heterocycles. The van der Waals surface area contributed by atoms with E-state index in [-0.39, 0.29) is 0 Å². The van der Waals surface area contributed by atoms with Gasteiger partial charge in [0.25, 0.3) is 0 Å². The molecule has 1 N–H and O–H groups in total. The van der Waals surface area contributed by atoms with Crippen LogP contribution in [0.15, 0.2) is 95.6 Å². The van der Waals surface area contributed by atoms with Gasteiger partial charge in [-0.3, -0.25) is 0 Å². The third-order valence-corrected chi connectivity index (χ3v) is 12.8. The zero-order chi connectivity index (χ0) is 36.6. The molecule has 1 aromatic heterocycles. The number of benzene rings is 4. The summed E-state index contributed by atoms with van der Waals surface area (Å²) in [5.41, 5.74) is 22.5. The Balaban J connectivity index is 1.24. The summed E-state index contributed by atoms with van der Waals surface area (Å²) in [5.74, 6) is 1.40. The summed E-state index contributed by atoms with van der Waals surface area (Å²) in [4.78, 5) is 9.36. The highest BCUT2D eigenvalue weighted by Crippen LogP contribution is 2.40. The number of nitrogens with zero attached hydrogens (tertiary/aromatic N) is 1. The van der Waals surface area contributed by atoms with Crippen molar-refractivity contribution in [3.8, 4) is 22.4 Å². The standard InChI is InChI=1S/C51H56N2/c1-32-25-36(5)44(27-34(32)3)46-29-48(42-21-17-40(18-22-42)38-13-9-7-10-14-38)52-50(46)31-51-47(45-28-35(4)33(2)26-37(45)6)30-49(53-51)43-23-19-41(20-24-43)39-15-11-8-12-16-39/h17-31,38-39,52H,7-16H2,1-6H3/b51-31-. The minimum Gasteiger partial charge on any atom is -0.354 e. The van der Waals surface area contributed by atoms with Crippen molar-refractivity contribution in [2.24, 2.45) is 4.99 Å². The molecule has 5 aromatic rings. The number of aliphatic imine (C=N–C) groups is 1. The fraction of sp³-hybridized carbons (Fsp3) is 0.353. The zero-order valence-electron chi connectivity index (χ0n) is 32.8. The molecule has 0 radical (unpaired) electrons. The predicted molar refractivity (Wildman–Crippen MR) is 227 cm³/mol. The molecule has 2 heteroatoms. The predicted octanol–water partition coefficient (Wildman–Crippen LogP) is 14.2. The molecule has 2 fully saturated rings. The minimum atomic E-state index is 0.695. The number of aryl methyl sites for hydroxylation is 6. The molecule has 2 nitrogen and oxygen atoms in total. The molecule has 0 atom stereocenters. The van der Waals surface area contributed by atoms with E-state index < -0.39 is 0 Å². The third kappa shape index (κ3) is 7.30. The average Bonchev–Trinajstić information content (AvgIpc) is 3.80. The van der Waals surface area contributed by atoms with Crippen molar-refractivity contribution >= 4 is 17.4 Å². The average molecular weight is 697 g/mol. The van der Waals surface area contributed by atoms with Gasteiger partial charge in [0.2, 0.25) is 0 Å². The van der Waals surface area contributed by atoms with Crippen LogP contribution in [-0.4, -0.2) is 10.7 Å². The maximum Gasteiger partial charge on any atom is 0.0737 e. The van der Waals surface area contributed by atoms with E-state index in [1.165, 1.54) is 142 Å². The molecular formula is C51H56N2. The molecule has 4 aromatic carbocycles. The van der Waals surface area contributed by atoms with Crippen LogP contribution in [0.5, 0.6) is 0 Å². The summed E-state index contributed by atoms with van der Waals surface area (Å²) in [5, 5.41) is 0. The SMILES string of the molecule is Cc1cc(C)c(C2=CC(c3ccc(C4CCCCC4)cc3)=N/C2=C\c2[nH]c(-c3ccc(C4CCCCC4)cc3)cc2-c2cc(C)c(C)cc2C)cc1C. The number of nitrogens with one attached hydrogen (secondary N) is 1. The normalized spacial score (nSPS) is 17.7. The van der Waals surface area contributed by atoms with Crippen LogP contribution in [0.3, 0.4) is 0 Å². The van der Waals surface area contributed by atoms with Gasteiger partial charge in [0.1, 0.15) is 0 Å². The Bertz CT molecular complexity index is 2220. The second-order valence-corrected chi connectivity index (χ2v) is 16.5. The Morgan fingerprint density at radius 2 is 1.00 bits per heavy atom. The van der Waals surface area contributed by atoms with E-state index in [0.717, 1.165) is 22.8 Å². The molecule has 0 bridgehead atoms. The van der Waals surface area contributed by atoms with Gasteiger partial charge in [-0.25, -0.2) is 4.99 Å². The van der Waals surface area contributed by atoms with E-state index in [0.29, 0.717) is 11.8 Å². The Morgan fingerprint density at radius 3 is 1.57 bits per heavy atom. The van der Waals surface area contributed by atoms with Gasteiger partial charge in [-0.15, -0.1) is 0 Å². The van der Waals surface area contributed by atoms with E-state index in [9.17, 15) is 0 Å². The van der Waals surface area contributed by atoms with Crippen LogP contribution in [-0.2, 0) is 0 Å². The van der Waals surface area contributed by atoms with Crippen LogP contribution in [0.2, 0.25) is 0 Å². The quantitative estimate of drug-likeness (QED) is 0.175.